The van der Waals surface area contributed by atoms with E-state index >= 15 is 0 Å². The zero-order valence-corrected chi connectivity index (χ0v) is 10.9. The summed E-state index contributed by atoms with van der Waals surface area (Å²) in [6, 6.07) is 6.33. The summed E-state index contributed by atoms with van der Waals surface area (Å²) in [5.41, 5.74) is 5.28. The van der Waals surface area contributed by atoms with Gasteiger partial charge in [0.1, 0.15) is 10.8 Å². The molecule has 2 nitrogen and oxygen atoms in total. The molecule has 1 aromatic carbocycles. The second-order valence-corrected chi connectivity index (χ2v) is 5.00. The Hall–Kier alpha value is -1.60. The molecule has 1 aromatic heterocycles. The quantitative estimate of drug-likeness (QED) is 0.875. The Bertz CT molecular complexity index is 596. The van der Waals surface area contributed by atoms with Crippen LogP contribution in [0.2, 0.25) is 0 Å². The van der Waals surface area contributed by atoms with Gasteiger partial charge in [-0.05, 0) is 35.9 Å². The average Bonchev–Trinajstić information content (AvgIpc) is 2.40. The van der Waals surface area contributed by atoms with Crippen LogP contribution in [-0.4, -0.2) is 4.98 Å². The first kappa shape index (κ1) is 14.8. The molecule has 0 spiro atoms. The Labute approximate surface area is 117 Å². The molecule has 106 valence electrons. The number of benzene rings is 1. The van der Waals surface area contributed by atoms with Crippen LogP contribution in [0.5, 0.6) is 0 Å². The van der Waals surface area contributed by atoms with Gasteiger partial charge in [0.2, 0.25) is 0 Å². The van der Waals surface area contributed by atoms with E-state index in [-0.39, 0.29) is 6.54 Å². The monoisotopic (exact) mass is 302 g/mol. The van der Waals surface area contributed by atoms with Gasteiger partial charge in [-0.3, -0.25) is 0 Å². The van der Waals surface area contributed by atoms with Gasteiger partial charge < -0.3 is 5.73 Å². The lowest BCUT2D eigenvalue weighted by Gasteiger charge is -2.09. The molecule has 2 N–H and O–H groups in total. The van der Waals surface area contributed by atoms with Crippen molar-refractivity contribution in [2.24, 2.45) is 5.73 Å². The minimum absolute atomic E-state index is 0.140. The lowest BCUT2D eigenvalue weighted by Crippen LogP contribution is -2.05. The maximum absolute atomic E-state index is 13.1. The van der Waals surface area contributed by atoms with E-state index in [0.717, 1.165) is 24.0 Å². The Balaban J connectivity index is 2.22. The number of pyridine rings is 1. The molecule has 1 heterocycles. The third-order valence-corrected chi connectivity index (χ3v) is 3.59. The van der Waals surface area contributed by atoms with Crippen molar-refractivity contribution < 1.29 is 17.6 Å². The highest BCUT2D eigenvalue weighted by Crippen LogP contribution is 2.32. The van der Waals surface area contributed by atoms with Crippen LogP contribution in [0.15, 0.2) is 46.5 Å². The lowest BCUT2D eigenvalue weighted by molar-refractivity contribution is -0.137. The summed E-state index contributed by atoms with van der Waals surface area (Å²) < 4.78 is 50.3. The third-order valence-electron chi connectivity index (χ3n) is 2.52. The first-order valence-corrected chi connectivity index (χ1v) is 6.41. The number of hydrogen-bond acceptors (Lipinski definition) is 3. The van der Waals surface area contributed by atoms with E-state index in [9.17, 15) is 17.6 Å². The molecule has 0 bridgehead atoms. The predicted molar refractivity (Wildman–Crippen MR) is 67.7 cm³/mol. The van der Waals surface area contributed by atoms with E-state index in [1.165, 1.54) is 24.3 Å². The fourth-order valence-electron chi connectivity index (χ4n) is 1.53. The van der Waals surface area contributed by atoms with Gasteiger partial charge >= 0.3 is 6.18 Å². The van der Waals surface area contributed by atoms with Crippen molar-refractivity contribution in [1.29, 1.82) is 0 Å². The summed E-state index contributed by atoms with van der Waals surface area (Å²) in [4.78, 5) is 4.41. The fourth-order valence-corrected chi connectivity index (χ4v) is 2.40. The van der Waals surface area contributed by atoms with Gasteiger partial charge in [0.05, 0.1) is 5.56 Å². The molecule has 0 atom stereocenters. The van der Waals surface area contributed by atoms with Crippen LogP contribution < -0.4 is 5.73 Å². The molecule has 0 radical (unpaired) electrons. The molecule has 2 aromatic rings. The Kier molecular flexibility index (Phi) is 4.29. The number of nitrogens with two attached hydrogens (primary N) is 1. The summed E-state index contributed by atoms with van der Waals surface area (Å²) in [6.45, 7) is 0.140. The molecular formula is C13H10F4N2S. The maximum atomic E-state index is 13.1. The topological polar surface area (TPSA) is 38.9 Å². The van der Waals surface area contributed by atoms with Crippen LogP contribution in [0.1, 0.15) is 11.1 Å². The number of alkyl halides is 3. The van der Waals surface area contributed by atoms with Gasteiger partial charge in [0.25, 0.3) is 0 Å². The smallest absolute Gasteiger partial charge is 0.326 e. The molecule has 0 aliphatic carbocycles. The molecule has 20 heavy (non-hydrogen) atoms. The van der Waals surface area contributed by atoms with Gasteiger partial charge in [0, 0.05) is 17.6 Å². The second kappa shape index (κ2) is 5.80. The standard InChI is InChI=1S/C13H10F4N2S/c14-10-2-3-11(8(5-10)6-18)20-12-4-1-9(7-19-12)13(15,16)17/h1-5,7H,6,18H2. The van der Waals surface area contributed by atoms with Crippen molar-refractivity contribution >= 4 is 11.8 Å². The van der Waals surface area contributed by atoms with Crippen molar-refractivity contribution in [3.8, 4) is 0 Å². The molecule has 0 fully saturated rings. The normalized spacial score (nSPS) is 11.7. The number of rotatable bonds is 3. The SMILES string of the molecule is NCc1cc(F)ccc1Sc1ccc(C(F)(F)F)cn1. The van der Waals surface area contributed by atoms with E-state index in [0.29, 0.717) is 15.5 Å². The predicted octanol–water partition coefficient (Wildman–Crippen LogP) is 3.85. The minimum Gasteiger partial charge on any atom is -0.326 e. The summed E-state index contributed by atoms with van der Waals surface area (Å²) in [5.74, 6) is -0.407. The zero-order chi connectivity index (χ0) is 14.8. The lowest BCUT2D eigenvalue weighted by atomic mass is 10.2. The van der Waals surface area contributed by atoms with E-state index in [1.807, 2.05) is 0 Å². The maximum Gasteiger partial charge on any atom is 0.417 e. The Morgan fingerprint density at radius 2 is 1.90 bits per heavy atom. The van der Waals surface area contributed by atoms with Crippen LogP contribution in [0.3, 0.4) is 0 Å². The summed E-state index contributed by atoms with van der Waals surface area (Å²) >= 11 is 1.14. The molecule has 0 amide bonds. The molecule has 2 rings (SSSR count). The first-order chi connectivity index (χ1) is 9.40. The number of aromatic nitrogens is 1. The van der Waals surface area contributed by atoms with Gasteiger partial charge in [-0.15, -0.1) is 0 Å². The van der Waals surface area contributed by atoms with Crippen molar-refractivity contribution in [3.05, 3.63) is 53.5 Å². The summed E-state index contributed by atoms with van der Waals surface area (Å²) in [6.07, 6.45) is -3.64. The average molecular weight is 302 g/mol. The molecule has 0 aliphatic heterocycles. The van der Waals surface area contributed by atoms with Gasteiger partial charge in [-0.1, -0.05) is 11.8 Å². The van der Waals surface area contributed by atoms with Crippen molar-refractivity contribution in [2.45, 2.75) is 22.6 Å². The van der Waals surface area contributed by atoms with Gasteiger partial charge in [-0.2, -0.15) is 13.2 Å². The number of nitrogens with zero attached hydrogens (tertiary/aromatic N) is 1. The number of halogens is 4. The van der Waals surface area contributed by atoms with Crippen LogP contribution in [-0.2, 0) is 12.7 Å². The summed E-state index contributed by atoms with van der Waals surface area (Å²) in [7, 11) is 0. The first-order valence-electron chi connectivity index (χ1n) is 5.60. The molecular weight excluding hydrogens is 292 g/mol. The third kappa shape index (κ3) is 3.49. The molecule has 7 heteroatoms. The number of hydrogen-bond donors (Lipinski definition) is 1. The van der Waals surface area contributed by atoms with Crippen LogP contribution in [0.4, 0.5) is 17.6 Å². The molecule has 0 saturated heterocycles. The second-order valence-electron chi connectivity index (χ2n) is 3.94. The van der Waals surface area contributed by atoms with Crippen molar-refractivity contribution in [1.82, 2.24) is 4.98 Å². The minimum atomic E-state index is -4.41. The largest absolute Gasteiger partial charge is 0.417 e. The molecule has 0 aliphatic rings. The highest BCUT2D eigenvalue weighted by atomic mass is 32.2. The molecule has 0 unspecified atom stereocenters. The van der Waals surface area contributed by atoms with E-state index in [4.69, 9.17) is 5.73 Å². The molecule has 0 saturated carbocycles. The van der Waals surface area contributed by atoms with E-state index in [2.05, 4.69) is 4.98 Å². The van der Waals surface area contributed by atoms with E-state index in [1.54, 1.807) is 0 Å². The fraction of sp³-hybridized carbons (Fsp3) is 0.154. The van der Waals surface area contributed by atoms with Crippen molar-refractivity contribution in [3.63, 3.8) is 0 Å². The van der Waals surface area contributed by atoms with E-state index < -0.39 is 17.6 Å². The Morgan fingerprint density at radius 1 is 1.15 bits per heavy atom. The van der Waals surface area contributed by atoms with Crippen LogP contribution in [0.25, 0.3) is 0 Å². The van der Waals surface area contributed by atoms with Gasteiger partial charge in [-0.25, -0.2) is 9.37 Å². The highest BCUT2D eigenvalue weighted by Gasteiger charge is 2.30. The highest BCUT2D eigenvalue weighted by molar-refractivity contribution is 7.99. The van der Waals surface area contributed by atoms with Crippen molar-refractivity contribution in [2.75, 3.05) is 0 Å². The zero-order valence-electron chi connectivity index (χ0n) is 10.1. The van der Waals surface area contributed by atoms with Gasteiger partial charge in [0.15, 0.2) is 0 Å². The Morgan fingerprint density at radius 3 is 2.45 bits per heavy atom. The van der Waals surface area contributed by atoms with Crippen LogP contribution >= 0.6 is 11.8 Å². The van der Waals surface area contributed by atoms with Crippen LogP contribution in [0, 0.1) is 5.82 Å². The summed E-state index contributed by atoms with van der Waals surface area (Å²) in [5, 5.41) is 0.388.